The highest BCUT2D eigenvalue weighted by Crippen LogP contribution is 2.20. The number of esters is 1. The number of benzene rings is 1. The lowest BCUT2D eigenvalue weighted by Gasteiger charge is -2.18. The molecule has 1 aromatic rings. The van der Waals surface area contributed by atoms with Crippen molar-refractivity contribution >= 4 is 5.97 Å². The highest BCUT2D eigenvalue weighted by atomic mass is 16.5. The number of carbonyl (C=O) groups excluding carboxylic acids is 1. The molecule has 1 aromatic carbocycles. The first-order valence-corrected chi connectivity index (χ1v) is 8.18. The third-order valence-corrected chi connectivity index (χ3v) is 3.66. The molecule has 1 rings (SSSR count). The molecule has 0 saturated carbocycles. The highest BCUT2D eigenvalue weighted by molar-refractivity contribution is 5.92. The van der Waals surface area contributed by atoms with Gasteiger partial charge in [-0.15, -0.1) is 0 Å². The van der Waals surface area contributed by atoms with Crippen LogP contribution >= 0.6 is 0 Å². The van der Waals surface area contributed by atoms with Gasteiger partial charge in [-0.1, -0.05) is 51.7 Å². The van der Waals surface area contributed by atoms with Gasteiger partial charge in [0.15, 0.2) is 0 Å². The maximum Gasteiger partial charge on any atom is 0.342 e. The molecule has 0 amide bonds. The summed E-state index contributed by atoms with van der Waals surface area (Å²) in [4.78, 5) is 12.2. The van der Waals surface area contributed by atoms with Gasteiger partial charge in [0.2, 0.25) is 0 Å². The van der Waals surface area contributed by atoms with E-state index in [2.05, 4.69) is 13.8 Å². The van der Waals surface area contributed by atoms with E-state index in [1.807, 2.05) is 0 Å². The van der Waals surface area contributed by atoms with Crippen LogP contribution in [0.5, 0.6) is 5.75 Å². The van der Waals surface area contributed by atoms with E-state index < -0.39 is 5.97 Å². The Kier molecular flexibility index (Phi) is 8.56. The van der Waals surface area contributed by atoms with E-state index in [4.69, 9.17) is 4.74 Å². The number of phenols is 1. The molecule has 0 bridgehead atoms. The molecule has 0 spiro atoms. The van der Waals surface area contributed by atoms with Gasteiger partial charge in [-0.25, -0.2) is 4.79 Å². The average molecular weight is 292 g/mol. The van der Waals surface area contributed by atoms with Gasteiger partial charge in [-0.05, 0) is 37.8 Å². The van der Waals surface area contributed by atoms with Gasteiger partial charge in [0.25, 0.3) is 0 Å². The van der Waals surface area contributed by atoms with Crippen LogP contribution in [0, 0.1) is 0 Å². The lowest BCUT2D eigenvalue weighted by molar-refractivity contribution is 0.0246. The summed E-state index contributed by atoms with van der Waals surface area (Å²) >= 11 is 0. The Hall–Kier alpha value is -1.51. The summed E-state index contributed by atoms with van der Waals surface area (Å²) in [5.41, 5.74) is 0.258. The van der Waals surface area contributed by atoms with Crippen molar-refractivity contribution in [1.82, 2.24) is 0 Å². The monoisotopic (exact) mass is 292 g/mol. The van der Waals surface area contributed by atoms with Gasteiger partial charge < -0.3 is 9.84 Å². The highest BCUT2D eigenvalue weighted by Gasteiger charge is 2.17. The molecule has 1 N–H and O–H groups in total. The topological polar surface area (TPSA) is 46.5 Å². The zero-order valence-corrected chi connectivity index (χ0v) is 13.3. The summed E-state index contributed by atoms with van der Waals surface area (Å²) in [6.07, 6.45) is 8.62. The fourth-order valence-corrected chi connectivity index (χ4v) is 2.37. The number of carbonyl (C=O) groups is 1. The fourth-order valence-electron chi connectivity index (χ4n) is 2.37. The van der Waals surface area contributed by atoms with Gasteiger partial charge in [0, 0.05) is 0 Å². The summed E-state index contributed by atoms with van der Waals surface area (Å²) < 4.78 is 5.61. The second-order valence-corrected chi connectivity index (χ2v) is 5.54. The number of hydrogen-bond acceptors (Lipinski definition) is 3. The summed E-state index contributed by atoms with van der Waals surface area (Å²) in [6.45, 7) is 4.33. The number of rotatable bonds is 10. The van der Waals surface area contributed by atoms with Crippen molar-refractivity contribution in [3.8, 4) is 5.75 Å². The molecule has 0 unspecified atom stereocenters. The summed E-state index contributed by atoms with van der Waals surface area (Å²) in [5.74, 6) is -0.422. The average Bonchev–Trinajstić information content (AvgIpc) is 2.48. The van der Waals surface area contributed by atoms with E-state index in [0.717, 1.165) is 38.5 Å². The number of phenolic OH excluding ortho intramolecular Hbond substituents is 1. The van der Waals surface area contributed by atoms with Crippen molar-refractivity contribution in [1.29, 1.82) is 0 Å². The molecule has 3 nitrogen and oxygen atoms in total. The molecule has 0 radical (unpaired) electrons. The van der Waals surface area contributed by atoms with Gasteiger partial charge in [0.05, 0.1) is 0 Å². The largest absolute Gasteiger partial charge is 0.507 e. The summed E-state index contributed by atoms with van der Waals surface area (Å²) in [7, 11) is 0. The lowest BCUT2D eigenvalue weighted by atomic mass is 10.0. The molecule has 0 aliphatic carbocycles. The van der Waals surface area contributed by atoms with E-state index in [1.165, 1.54) is 18.9 Å². The molecule has 0 aliphatic heterocycles. The summed E-state index contributed by atoms with van der Waals surface area (Å²) in [6, 6.07) is 6.55. The zero-order valence-electron chi connectivity index (χ0n) is 13.3. The molecule has 0 saturated heterocycles. The molecule has 0 fully saturated rings. The van der Waals surface area contributed by atoms with Gasteiger partial charge in [-0.3, -0.25) is 0 Å². The Morgan fingerprint density at radius 2 is 1.62 bits per heavy atom. The SMILES string of the molecule is CCCCCC(CCCCC)OC(=O)c1ccccc1O. The second-order valence-electron chi connectivity index (χ2n) is 5.54. The second kappa shape index (κ2) is 10.3. The minimum absolute atomic E-state index is 0.0108. The molecular formula is C18H28O3. The Labute approximate surface area is 128 Å². The van der Waals surface area contributed by atoms with Crippen LogP contribution in [0.3, 0.4) is 0 Å². The Morgan fingerprint density at radius 1 is 1.05 bits per heavy atom. The minimum Gasteiger partial charge on any atom is -0.507 e. The standard InChI is InChI=1S/C18H28O3/c1-3-5-7-11-15(12-8-6-4-2)21-18(20)16-13-9-10-14-17(16)19/h9-10,13-15,19H,3-8,11-12H2,1-2H3. The molecule has 0 aromatic heterocycles. The van der Waals surface area contributed by atoms with Crippen molar-refractivity contribution in [2.75, 3.05) is 0 Å². The van der Waals surface area contributed by atoms with Crippen molar-refractivity contribution in [2.24, 2.45) is 0 Å². The van der Waals surface area contributed by atoms with Crippen molar-refractivity contribution in [3.63, 3.8) is 0 Å². The fraction of sp³-hybridized carbons (Fsp3) is 0.611. The minimum atomic E-state index is -0.411. The van der Waals surface area contributed by atoms with E-state index in [1.54, 1.807) is 18.2 Å². The molecule has 0 heterocycles. The van der Waals surface area contributed by atoms with E-state index in [0.29, 0.717) is 0 Å². The van der Waals surface area contributed by atoms with Crippen LogP contribution in [0.2, 0.25) is 0 Å². The Balaban J connectivity index is 2.57. The van der Waals surface area contributed by atoms with Gasteiger partial charge in [-0.2, -0.15) is 0 Å². The third-order valence-electron chi connectivity index (χ3n) is 3.66. The quantitative estimate of drug-likeness (QED) is 0.483. The van der Waals surface area contributed by atoms with Crippen LogP contribution in [0.4, 0.5) is 0 Å². The molecule has 21 heavy (non-hydrogen) atoms. The zero-order chi connectivity index (χ0) is 15.5. The number of para-hydroxylation sites is 1. The van der Waals surface area contributed by atoms with E-state index in [-0.39, 0.29) is 17.4 Å². The van der Waals surface area contributed by atoms with Crippen LogP contribution in [0.15, 0.2) is 24.3 Å². The molecule has 118 valence electrons. The van der Waals surface area contributed by atoms with Gasteiger partial charge >= 0.3 is 5.97 Å². The van der Waals surface area contributed by atoms with Crippen molar-refractivity contribution in [2.45, 2.75) is 71.3 Å². The molecular weight excluding hydrogens is 264 g/mol. The summed E-state index contributed by atoms with van der Waals surface area (Å²) in [5, 5.41) is 9.72. The predicted molar refractivity (Wildman–Crippen MR) is 85.6 cm³/mol. The first-order chi connectivity index (χ1) is 10.2. The predicted octanol–water partition coefficient (Wildman–Crippen LogP) is 5.08. The number of unbranched alkanes of at least 4 members (excludes halogenated alkanes) is 4. The smallest absolute Gasteiger partial charge is 0.342 e. The maximum atomic E-state index is 12.2. The van der Waals surface area contributed by atoms with Gasteiger partial charge in [0.1, 0.15) is 17.4 Å². The number of ether oxygens (including phenoxy) is 1. The Bertz CT molecular complexity index is 405. The van der Waals surface area contributed by atoms with Crippen molar-refractivity contribution in [3.05, 3.63) is 29.8 Å². The number of aromatic hydroxyl groups is 1. The molecule has 0 atom stereocenters. The Morgan fingerprint density at radius 3 is 2.14 bits per heavy atom. The number of hydrogen-bond donors (Lipinski definition) is 1. The first kappa shape index (κ1) is 17.5. The van der Waals surface area contributed by atoms with Crippen LogP contribution in [-0.4, -0.2) is 17.2 Å². The van der Waals surface area contributed by atoms with Crippen LogP contribution in [-0.2, 0) is 4.74 Å². The van der Waals surface area contributed by atoms with Crippen LogP contribution in [0.25, 0.3) is 0 Å². The normalized spacial score (nSPS) is 10.8. The van der Waals surface area contributed by atoms with Crippen LogP contribution < -0.4 is 0 Å². The molecule has 0 aliphatic rings. The maximum absolute atomic E-state index is 12.2. The molecule has 3 heteroatoms. The lowest BCUT2D eigenvalue weighted by Crippen LogP contribution is -2.18. The third kappa shape index (κ3) is 6.65. The first-order valence-electron chi connectivity index (χ1n) is 8.18. The van der Waals surface area contributed by atoms with Crippen molar-refractivity contribution < 1.29 is 14.6 Å². The van der Waals surface area contributed by atoms with E-state index >= 15 is 0 Å². The van der Waals surface area contributed by atoms with E-state index in [9.17, 15) is 9.90 Å². The van der Waals surface area contributed by atoms with Crippen LogP contribution in [0.1, 0.15) is 75.6 Å².